The zero-order valence-electron chi connectivity index (χ0n) is 16.8. The second-order valence-corrected chi connectivity index (χ2v) is 7.58. The largest absolute Gasteiger partial charge is 0.465 e. The summed E-state index contributed by atoms with van der Waals surface area (Å²) < 4.78 is 5.13. The Morgan fingerprint density at radius 2 is 2.10 bits per heavy atom. The van der Waals surface area contributed by atoms with Gasteiger partial charge >= 0.3 is 6.09 Å². The molecular weight excluding hydrogens is 372 g/mol. The molecule has 1 heterocycles. The summed E-state index contributed by atoms with van der Waals surface area (Å²) in [7, 11) is 1.58. The number of carboxylic acid groups (broad SMARTS) is 1. The van der Waals surface area contributed by atoms with E-state index in [-0.39, 0.29) is 23.9 Å². The number of H-pyrrole nitrogens is 1. The molecule has 2 amide bonds. The van der Waals surface area contributed by atoms with Crippen LogP contribution in [0.4, 0.5) is 10.6 Å². The van der Waals surface area contributed by atoms with Crippen molar-refractivity contribution in [1.82, 2.24) is 15.1 Å². The second-order valence-electron chi connectivity index (χ2n) is 7.58. The summed E-state index contributed by atoms with van der Waals surface area (Å²) in [4.78, 5) is 25.4. The Bertz CT molecular complexity index is 823. The van der Waals surface area contributed by atoms with E-state index in [1.165, 1.54) is 4.90 Å². The SMILES string of the molecule is COC[C@H](C)N(C(=O)O)[C@@H]1CC[C@H](c2cc(NC(=O)Cc3ccccc3)n[nH]2)C1. The number of aromatic amines is 1. The van der Waals surface area contributed by atoms with Gasteiger partial charge in [0.2, 0.25) is 5.91 Å². The number of carbonyl (C=O) groups excluding carboxylic acids is 1. The smallest absolute Gasteiger partial charge is 0.407 e. The van der Waals surface area contributed by atoms with Crippen molar-refractivity contribution >= 4 is 17.8 Å². The lowest BCUT2D eigenvalue weighted by atomic mass is 10.0. The van der Waals surface area contributed by atoms with Gasteiger partial charge < -0.3 is 20.1 Å². The van der Waals surface area contributed by atoms with Crippen LogP contribution in [0.2, 0.25) is 0 Å². The van der Waals surface area contributed by atoms with Crippen molar-refractivity contribution in [1.29, 1.82) is 0 Å². The van der Waals surface area contributed by atoms with Crippen LogP contribution in [-0.2, 0) is 16.0 Å². The first-order valence-corrected chi connectivity index (χ1v) is 9.87. The molecule has 3 rings (SSSR count). The highest BCUT2D eigenvalue weighted by Gasteiger charge is 2.35. The van der Waals surface area contributed by atoms with Gasteiger partial charge in [-0.3, -0.25) is 9.89 Å². The molecule has 1 aromatic heterocycles. The second kappa shape index (κ2) is 9.56. The molecule has 0 aliphatic heterocycles. The van der Waals surface area contributed by atoms with Gasteiger partial charge in [-0.15, -0.1) is 0 Å². The zero-order chi connectivity index (χ0) is 20.8. The predicted molar refractivity (Wildman–Crippen MR) is 109 cm³/mol. The Morgan fingerprint density at radius 3 is 2.79 bits per heavy atom. The van der Waals surface area contributed by atoms with Crippen molar-refractivity contribution in [2.75, 3.05) is 19.0 Å². The molecule has 8 heteroatoms. The number of benzene rings is 1. The van der Waals surface area contributed by atoms with E-state index in [2.05, 4.69) is 15.5 Å². The maximum Gasteiger partial charge on any atom is 0.407 e. The lowest BCUT2D eigenvalue weighted by Crippen LogP contribution is -2.46. The normalized spacial score (nSPS) is 19.7. The monoisotopic (exact) mass is 400 g/mol. The Kier molecular flexibility index (Phi) is 6.87. The molecule has 3 atom stereocenters. The Balaban J connectivity index is 1.58. The van der Waals surface area contributed by atoms with Crippen molar-refractivity contribution in [3.63, 3.8) is 0 Å². The Hall–Kier alpha value is -2.87. The quantitative estimate of drug-likeness (QED) is 0.630. The minimum Gasteiger partial charge on any atom is -0.465 e. The minimum absolute atomic E-state index is 0.0536. The average Bonchev–Trinajstić information content (AvgIpc) is 3.32. The van der Waals surface area contributed by atoms with Gasteiger partial charge in [0.25, 0.3) is 0 Å². The molecule has 29 heavy (non-hydrogen) atoms. The van der Waals surface area contributed by atoms with E-state index in [1.807, 2.05) is 43.3 Å². The molecule has 1 fully saturated rings. The number of amides is 2. The molecule has 0 radical (unpaired) electrons. The van der Waals surface area contributed by atoms with E-state index in [0.717, 1.165) is 30.5 Å². The van der Waals surface area contributed by atoms with E-state index < -0.39 is 6.09 Å². The lowest BCUT2D eigenvalue weighted by Gasteiger charge is -2.31. The number of aromatic nitrogens is 2. The molecule has 8 nitrogen and oxygen atoms in total. The highest BCUT2D eigenvalue weighted by Crippen LogP contribution is 2.37. The van der Waals surface area contributed by atoms with E-state index >= 15 is 0 Å². The third-order valence-electron chi connectivity index (χ3n) is 5.41. The summed E-state index contributed by atoms with van der Waals surface area (Å²) in [6, 6.07) is 11.1. The summed E-state index contributed by atoms with van der Waals surface area (Å²) in [6.45, 7) is 2.23. The number of ether oxygens (including phenoxy) is 1. The van der Waals surface area contributed by atoms with E-state index in [4.69, 9.17) is 4.74 Å². The number of hydrogen-bond acceptors (Lipinski definition) is 4. The van der Waals surface area contributed by atoms with Crippen LogP contribution in [0.25, 0.3) is 0 Å². The number of hydrogen-bond donors (Lipinski definition) is 3. The van der Waals surface area contributed by atoms with Gasteiger partial charge in [-0.1, -0.05) is 30.3 Å². The van der Waals surface area contributed by atoms with Crippen LogP contribution in [-0.4, -0.2) is 58.0 Å². The number of anilines is 1. The molecule has 1 aliphatic rings. The number of nitrogens with zero attached hydrogens (tertiary/aromatic N) is 2. The van der Waals surface area contributed by atoms with Crippen LogP contribution in [0.5, 0.6) is 0 Å². The first-order valence-electron chi connectivity index (χ1n) is 9.87. The maximum absolute atomic E-state index is 12.2. The zero-order valence-corrected chi connectivity index (χ0v) is 16.8. The maximum atomic E-state index is 12.2. The van der Waals surface area contributed by atoms with E-state index in [1.54, 1.807) is 7.11 Å². The molecular formula is C21H28N4O4. The van der Waals surface area contributed by atoms with Crippen LogP contribution in [0.3, 0.4) is 0 Å². The van der Waals surface area contributed by atoms with Gasteiger partial charge in [0.05, 0.1) is 19.1 Å². The average molecular weight is 400 g/mol. The van der Waals surface area contributed by atoms with Gasteiger partial charge in [-0.05, 0) is 31.7 Å². The van der Waals surface area contributed by atoms with Crippen molar-refractivity contribution in [2.24, 2.45) is 0 Å². The molecule has 3 N–H and O–H groups in total. The van der Waals surface area contributed by atoms with E-state index in [9.17, 15) is 14.7 Å². The standard InChI is InChI=1S/C21H28N4O4/c1-14(13-29-2)25(21(27)28)17-9-8-16(11-17)18-12-19(24-23-18)22-20(26)10-15-6-4-3-5-7-15/h3-7,12,14,16-17H,8-11,13H2,1-2H3,(H,27,28)(H2,22,23,24,26)/t14-,16-,17+/m0/s1. The summed E-state index contributed by atoms with van der Waals surface area (Å²) in [6.07, 6.45) is 1.76. The van der Waals surface area contributed by atoms with Gasteiger partial charge in [0, 0.05) is 30.8 Å². The van der Waals surface area contributed by atoms with E-state index in [0.29, 0.717) is 18.8 Å². The van der Waals surface area contributed by atoms with Crippen molar-refractivity contribution in [3.05, 3.63) is 47.7 Å². The van der Waals surface area contributed by atoms with Gasteiger partial charge in [0.1, 0.15) is 0 Å². The van der Waals surface area contributed by atoms with Crippen LogP contribution in [0.15, 0.2) is 36.4 Å². The molecule has 1 aromatic carbocycles. The Morgan fingerprint density at radius 1 is 1.34 bits per heavy atom. The molecule has 0 unspecified atom stereocenters. The van der Waals surface area contributed by atoms with Crippen LogP contribution in [0.1, 0.15) is 43.4 Å². The number of methoxy groups -OCH3 is 1. The number of rotatable bonds is 8. The highest BCUT2D eigenvalue weighted by molar-refractivity contribution is 5.91. The van der Waals surface area contributed by atoms with Crippen molar-refractivity contribution < 1.29 is 19.4 Å². The third kappa shape index (κ3) is 5.35. The first-order chi connectivity index (χ1) is 14.0. The molecule has 0 bridgehead atoms. The Labute approximate surface area is 170 Å². The summed E-state index contributed by atoms with van der Waals surface area (Å²) in [5.41, 5.74) is 1.87. The third-order valence-corrected chi connectivity index (χ3v) is 5.41. The molecule has 0 saturated heterocycles. The first kappa shape index (κ1) is 20.9. The van der Waals surface area contributed by atoms with Crippen molar-refractivity contribution in [2.45, 2.75) is 50.6 Å². The molecule has 1 saturated carbocycles. The summed E-state index contributed by atoms with van der Waals surface area (Å²) in [5, 5.41) is 19.6. The van der Waals surface area contributed by atoms with Crippen molar-refractivity contribution in [3.8, 4) is 0 Å². The summed E-state index contributed by atoms with van der Waals surface area (Å²) in [5.74, 6) is 0.556. The highest BCUT2D eigenvalue weighted by atomic mass is 16.5. The molecule has 0 spiro atoms. The number of carbonyl (C=O) groups is 2. The van der Waals surface area contributed by atoms with Crippen LogP contribution >= 0.6 is 0 Å². The molecule has 2 aromatic rings. The fourth-order valence-electron chi connectivity index (χ4n) is 4.10. The van der Waals surface area contributed by atoms with Gasteiger partial charge in [-0.25, -0.2) is 4.79 Å². The van der Waals surface area contributed by atoms with Crippen LogP contribution in [0, 0.1) is 0 Å². The van der Waals surface area contributed by atoms with Gasteiger partial charge in [-0.2, -0.15) is 5.10 Å². The fourth-order valence-corrected chi connectivity index (χ4v) is 4.10. The minimum atomic E-state index is -0.918. The molecule has 1 aliphatic carbocycles. The van der Waals surface area contributed by atoms with Crippen LogP contribution < -0.4 is 5.32 Å². The topological polar surface area (TPSA) is 108 Å². The van der Waals surface area contributed by atoms with Gasteiger partial charge in [0.15, 0.2) is 5.82 Å². The predicted octanol–water partition coefficient (Wildman–Crippen LogP) is 3.24. The molecule has 156 valence electrons. The fraction of sp³-hybridized carbons (Fsp3) is 0.476. The lowest BCUT2D eigenvalue weighted by molar-refractivity contribution is -0.115. The number of nitrogens with one attached hydrogen (secondary N) is 2. The summed E-state index contributed by atoms with van der Waals surface area (Å²) >= 11 is 0.